The van der Waals surface area contributed by atoms with Crippen LogP contribution >= 0.6 is 11.6 Å². The Balaban J connectivity index is 1.52. The van der Waals surface area contributed by atoms with Crippen LogP contribution in [0.15, 0.2) is 48.5 Å². The molecule has 2 aromatic rings. The fourth-order valence-corrected chi connectivity index (χ4v) is 2.89. The first-order valence-electron chi connectivity index (χ1n) is 8.79. The molecule has 0 spiro atoms. The largest absolute Gasteiger partial charge is 0.490 e. The molecule has 1 aliphatic heterocycles. The summed E-state index contributed by atoms with van der Waals surface area (Å²) in [6.07, 6.45) is 2.17. The van der Waals surface area contributed by atoms with Gasteiger partial charge in [0.1, 0.15) is 12.4 Å². The number of amides is 2. The highest BCUT2D eigenvalue weighted by atomic mass is 35.5. The quantitative estimate of drug-likeness (QED) is 0.746. The molecule has 1 saturated heterocycles. The van der Waals surface area contributed by atoms with E-state index in [1.54, 1.807) is 48.5 Å². The van der Waals surface area contributed by atoms with E-state index in [0.29, 0.717) is 22.9 Å². The topological polar surface area (TPSA) is 76.7 Å². The Bertz CT molecular complexity index is 789. The molecule has 0 aliphatic carbocycles. The Hall–Kier alpha value is -2.57. The lowest BCUT2D eigenvalue weighted by molar-refractivity contribution is -0.121. The van der Waals surface area contributed by atoms with E-state index in [1.165, 1.54) is 0 Å². The number of carbonyl (C=O) groups is 2. The molecule has 0 aromatic heterocycles. The molecule has 1 atom stereocenters. The third kappa shape index (κ3) is 5.70. The number of hydrazine groups is 1. The van der Waals surface area contributed by atoms with Crippen LogP contribution in [0.5, 0.6) is 5.75 Å². The van der Waals surface area contributed by atoms with Crippen molar-refractivity contribution in [2.75, 3.05) is 13.2 Å². The molecule has 1 fully saturated rings. The third-order valence-electron chi connectivity index (χ3n) is 4.17. The molecular weight excluding hydrogens is 368 g/mol. The van der Waals surface area contributed by atoms with E-state index >= 15 is 0 Å². The first-order valence-corrected chi connectivity index (χ1v) is 9.16. The molecule has 7 heteroatoms. The lowest BCUT2D eigenvalue weighted by Crippen LogP contribution is -2.42. The minimum atomic E-state index is -0.442. The van der Waals surface area contributed by atoms with Gasteiger partial charge in [-0.15, -0.1) is 0 Å². The predicted molar refractivity (Wildman–Crippen MR) is 102 cm³/mol. The smallest absolute Gasteiger partial charge is 0.273 e. The van der Waals surface area contributed by atoms with Crippen LogP contribution in [0, 0.1) is 0 Å². The van der Waals surface area contributed by atoms with E-state index in [4.69, 9.17) is 21.1 Å². The lowest BCUT2D eigenvalue weighted by Gasteiger charge is -2.14. The van der Waals surface area contributed by atoms with Gasteiger partial charge in [0.15, 0.2) is 0 Å². The average Bonchev–Trinajstić information content (AvgIpc) is 3.20. The zero-order chi connectivity index (χ0) is 19.1. The van der Waals surface area contributed by atoms with Crippen molar-refractivity contribution in [3.8, 4) is 5.75 Å². The maximum Gasteiger partial charge on any atom is 0.273 e. The number of ether oxygens (including phenoxy) is 2. The second-order valence-corrected chi connectivity index (χ2v) is 6.68. The number of para-hydroxylation sites is 1. The van der Waals surface area contributed by atoms with Crippen LogP contribution in [0.1, 0.15) is 28.8 Å². The number of halogens is 1. The second-order valence-electron chi connectivity index (χ2n) is 6.25. The number of hydrogen-bond acceptors (Lipinski definition) is 4. The molecule has 6 nitrogen and oxygen atoms in total. The summed E-state index contributed by atoms with van der Waals surface area (Å²) >= 11 is 5.82. The number of benzene rings is 2. The molecule has 0 saturated carbocycles. The van der Waals surface area contributed by atoms with Crippen molar-refractivity contribution in [3.05, 3.63) is 64.7 Å². The van der Waals surface area contributed by atoms with Crippen molar-refractivity contribution >= 4 is 23.4 Å². The first-order chi connectivity index (χ1) is 13.1. The molecule has 3 rings (SSSR count). The van der Waals surface area contributed by atoms with Crippen LogP contribution in [0.3, 0.4) is 0 Å². The summed E-state index contributed by atoms with van der Waals surface area (Å²) < 4.78 is 11.3. The fraction of sp³-hybridized carbons (Fsp3) is 0.300. The molecule has 142 valence electrons. The van der Waals surface area contributed by atoms with Crippen LogP contribution < -0.4 is 15.6 Å². The summed E-state index contributed by atoms with van der Waals surface area (Å²) in [5.74, 6) is -0.316. The van der Waals surface area contributed by atoms with Crippen molar-refractivity contribution < 1.29 is 19.1 Å². The Morgan fingerprint density at radius 3 is 2.63 bits per heavy atom. The number of nitrogens with one attached hydrogen (secondary N) is 2. The van der Waals surface area contributed by atoms with Crippen molar-refractivity contribution in [1.29, 1.82) is 0 Å². The van der Waals surface area contributed by atoms with Crippen molar-refractivity contribution in [2.24, 2.45) is 0 Å². The number of rotatable bonds is 6. The molecule has 2 aromatic carbocycles. The molecule has 1 heterocycles. The van der Waals surface area contributed by atoms with E-state index in [-0.39, 0.29) is 18.4 Å². The summed E-state index contributed by atoms with van der Waals surface area (Å²) in [6.45, 7) is 1.14. The van der Waals surface area contributed by atoms with Crippen LogP contribution in [-0.4, -0.2) is 31.1 Å². The highest BCUT2D eigenvalue weighted by Gasteiger charge is 2.18. The van der Waals surface area contributed by atoms with Gasteiger partial charge in [-0.1, -0.05) is 35.9 Å². The van der Waals surface area contributed by atoms with Crippen LogP contribution in [0.4, 0.5) is 0 Å². The van der Waals surface area contributed by atoms with E-state index in [2.05, 4.69) is 10.9 Å². The van der Waals surface area contributed by atoms with Gasteiger partial charge < -0.3 is 9.47 Å². The van der Waals surface area contributed by atoms with Gasteiger partial charge in [-0.2, -0.15) is 0 Å². The van der Waals surface area contributed by atoms with E-state index in [0.717, 1.165) is 25.0 Å². The van der Waals surface area contributed by atoms with Gasteiger partial charge in [0.2, 0.25) is 5.91 Å². The molecule has 2 amide bonds. The van der Waals surface area contributed by atoms with E-state index in [1.807, 2.05) is 0 Å². The van der Waals surface area contributed by atoms with Gasteiger partial charge in [-0.05, 0) is 42.7 Å². The van der Waals surface area contributed by atoms with Gasteiger partial charge in [0, 0.05) is 11.6 Å². The molecule has 27 heavy (non-hydrogen) atoms. The first kappa shape index (κ1) is 19.2. The summed E-state index contributed by atoms with van der Waals surface area (Å²) in [6, 6.07) is 13.8. The van der Waals surface area contributed by atoms with Crippen molar-refractivity contribution in [3.63, 3.8) is 0 Å². The van der Waals surface area contributed by atoms with Gasteiger partial charge in [0.05, 0.1) is 18.1 Å². The molecule has 0 bridgehead atoms. The summed E-state index contributed by atoms with van der Waals surface area (Å²) in [5, 5.41) is 0.604. The standard InChI is InChI=1S/C20H21ClN2O4/c21-15-9-7-14(8-10-15)12-19(24)22-23-20(25)17-5-1-2-6-18(17)27-13-16-4-3-11-26-16/h1-2,5-10,16H,3-4,11-13H2,(H,22,24)(H,23,25). The molecule has 1 aliphatic rings. The summed E-state index contributed by atoms with van der Waals surface area (Å²) in [4.78, 5) is 24.4. The Kier molecular flexibility index (Phi) is 6.68. The lowest BCUT2D eigenvalue weighted by atomic mass is 10.1. The Morgan fingerprint density at radius 2 is 1.89 bits per heavy atom. The zero-order valence-corrected chi connectivity index (χ0v) is 15.5. The van der Waals surface area contributed by atoms with E-state index in [9.17, 15) is 9.59 Å². The van der Waals surface area contributed by atoms with E-state index < -0.39 is 5.91 Å². The molecule has 1 unspecified atom stereocenters. The average molecular weight is 389 g/mol. The minimum Gasteiger partial charge on any atom is -0.490 e. The maximum absolute atomic E-state index is 12.4. The third-order valence-corrected chi connectivity index (χ3v) is 4.43. The van der Waals surface area contributed by atoms with Crippen LogP contribution in [0.25, 0.3) is 0 Å². The van der Waals surface area contributed by atoms with Gasteiger partial charge in [0.25, 0.3) is 5.91 Å². The van der Waals surface area contributed by atoms with Gasteiger partial charge >= 0.3 is 0 Å². The van der Waals surface area contributed by atoms with Gasteiger partial charge in [-0.3, -0.25) is 20.4 Å². The van der Waals surface area contributed by atoms with Gasteiger partial charge in [-0.25, -0.2) is 0 Å². The monoisotopic (exact) mass is 388 g/mol. The predicted octanol–water partition coefficient (Wildman–Crippen LogP) is 2.90. The normalized spacial score (nSPS) is 16.0. The Labute approximate surface area is 162 Å². The van der Waals surface area contributed by atoms with Crippen LogP contribution in [-0.2, 0) is 16.0 Å². The Morgan fingerprint density at radius 1 is 1.11 bits per heavy atom. The summed E-state index contributed by atoms with van der Waals surface area (Å²) in [7, 11) is 0. The highest BCUT2D eigenvalue weighted by molar-refractivity contribution is 6.30. The summed E-state index contributed by atoms with van der Waals surface area (Å²) in [5.41, 5.74) is 5.99. The van der Waals surface area contributed by atoms with Crippen molar-refractivity contribution in [2.45, 2.75) is 25.4 Å². The molecule has 0 radical (unpaired) electrons. The van der Waals surface area contributed by atoms with Crippen LogP contribution in [0.2, 0.25) is 5.02 Å². The maximum atomic E-state index is 12.4. The highest BCUT2D eigenvalue weighted by Crippen LogP contribution is 2.20. The van der Waals surface area contributed by atoms with Crippen molar-refractivity contribution in [1.82, 2.24) is 10.9 Å². The minimum absolute atomic E-state index is 0.0557. The molecule has 2 N–H and O–H groups in total. The second kappa shape index (κ2) is 9.39. The number of hydrogen-bond donors (Lipinski definition) is 2. The zero-order valence-electron chi connectivity index (χ0n) is 14.7. The molecular formula is C20H21ClN2O4. The fourth-order valence-electron chi connectivity index (χ4n) is 2.76. The number of carbonyl (C=O) groups excluding carboxylic acids is 2. The SMILES string of the molecule is O=C(Cc1ccc(Cl)cc1)NNC(=O)c1ccccc1OCC1CCCO1.